The van der Waals surface area contributed by atoms with Gasteiger partial charge < -0.3 is 15.3 Å². The van der Waals surface area contributed by atoms with Crippen molar-refractivity contribution in [2.45, 2.75) is 31.9 Å². The molecule has 0 saturated carbocycles. The standard InChI is InChI=1S/C18H22N4O3/c23-16-4-1-2-10-21(18(16)25)13-17(24)19-12-14-5-7-15(8-6-14)22-11-3-9-20-22/h3,5-9,11,16,23H,1-2,4,10,12-13H2,(H,19,24). The Labute approximate surface area is 146 Å². The molecule has 2 aromatic rings. The summed E-state index contributed by atoms with van der Waals surface area (Å²) in [6.45, 7) is 0.895. The van der Waals surface area contributed by atoms with Crippen molar-refractivity contribution in [3.05, 3.63) is 48.3 Å². The molecule has 0 aliphatic carbocycles. The van der Waals surface area contributed by atoms with Crippen molar-refractivity contribution in [3.63, 3.8) is 0 Å². The van der Waals surface area contributed by atoms with E-state index in [9.17, 15) is 14.7 Å². The minimum absolute atomic E-state index is 0.0126. The van der Waals surface area contributed by atoms with Gasteiger partial charge >= 0.3 is 0 Å². The number of rotatable bonds is 5. The van der Waals surface area contributed by atoms with Gasteiger partial charge in [0.05, 0.1) is 12.2 Å². The van der Waals surface area contributed by atoms with Crippen LogP contribution in [0.2, 0.25) is 0 Å². The maximum absolute atomic E-state index is 12.1. The maximum Gasteiger partial charge on any atom is 0.251 e. The van der Waals surface area contributed by atoms with E-state index in [-0.39, 0.29) is 18.4 Å². The number of benzene rings is 1. The Morgan fingerprint density at radius 2 is 2.08 bits per heavy atom. The van der Waals surface area contributed by atoms with Gasteiger partial charge in [-0.15, -0.1) is 0 Å². The van der Waals surface area contributed by atoms with E-state index in [1.165, 1.54) is 4.90 Å². The van der Waals surface area contributed by atoms with Gasteiger partial charge in [0.25, 0.3) is 5.91 Å². The van der Waals surface area contributed by atoms with Gasteiger partial charge in [0, 0.05) is 25.5 Å². The molecule has 1 aromatic heterocycles. The van der Waals surface area contributed by atoms with Crippen molar-refractivity contribution in [1.29, 1.82) is 0 Å². The Hall–Kier alpha value is -2.67. The molecule has 1 aromatic carbocycles. The van der Waals surface area contributed by atoms with Crippen LogP contribution in [0.4, 0.5) is 0 Å². The highest BCUT2D eigenvalue weighted by atomic mass is 16.3. The second-order valence-electron chi connectivity index (χ2n) is 6.17. The fourth-order valence-electron chi connectivity index (χ4n) is 2.86. The third-order valence-corrected chi connectivity index (χ3v) is 4.28. The van der Waals surface area contributed by atoms with Gasteiger partial charge in [-0.05, 0) is 43.0 Å². The maximum atomic E-state index is 12.1. The van der Waals surface area contributed by atoms with Crippen molar-refractivity contribution >= 4 is 11.8 Å². The third kappa shape index (κ3) is 4.45. The first kappa shape index (κ1) is 17.2. The lowest BCUT2D eigenvalue weighted by molar-refractivity contribution is -0.142. The van der Waals surface area contributed by atoms with Crippen LogP contribution in [-0.2, 0) is 16.1 Å². The zero-order valence-corrected chi connectivity index (χ0v) is 14.0. The first-order chi connectivity index (χ1) is 12.1. The lowest BCUT2D eigenvalue weighted by Gasteiger charge is -2.21. The number of hydrogen-bond donors (Lipinski definition) is 2. The van der Waals surface area contributed by atoms with E-state index in [0.29, 0.717) is 19.5 Å². The minimum atomic E-state index is -0.981. The Morgan fingerprint density at radius 1 is 1.28 bits per heavy atom. The van der Waals surface area contributed by atoms with Gasteiger partial charge in [-0.1, -0.05) is 12.1 Å². The van der Waals surface area contributed by atoms with E-state index in [0.717, 1.165) is 24.1 Å². The molecule has 1 aliphatic heterocycles. The second kappa shape index (κ2) is 7.94. The lowest BCUT2D eigenvalue weighted by Crippen LogP contribution is -2.44. The molecule has 2 amide bonds. The number of nitrogens with zero attached hydrogens (tertiary/aromatic N) is 3. The van der Waals surface area contributed by atoms with Crippen LogP contribution in [0.15, 0.2) is 42.7 Å². The molecule has 2 heterocycles. The molecule has 0 bridgehead atoms. The van der Waals surface area contributed by atoms with E-state index in [1.807, 2.05) is 36.5 Å². The van der Waals surface area contributed by atoms with Gasteiger partial charge in [-0.25, -0.2) is 4.68 Å². The summed E-state index contributed by atoms with van der Waals surface area (Å²) in [5.41, 5.74) is 1.91. The number of carbonyl (C=O) groups is 2. The SMILES string of the molecule is O=C(CN1CCCCC(O)C1=O)NCc1ccc(-n2cccn2)cc1. The number of hydrogen-bond acceptors (Lipinski definition) is 4. The van der Waals surface area contributed by atoms with Crippen LogP contribution in [0.3, 0.4) is 0 Å². The highest BCUT2D eigenvalue weighted by molar-refractivity contribution is 5.87. The fraction of sp³-hybridized carbons (Fsp3) is 0.389. The average molecular weight is 342 g/mol. The Balaban J connectivity index is 1.51. The van der Waals surface area contributed by atoms with Crippen LogP contribution in [0.1, 0.15) is 24.8 Å². The highest BCUT2D eigenvalue weighted by Crippen LogP contribution is 2.12. The summed E-state index contributed by atoms with van der Waals surface area (Å²) in [6, 6.07) is 9.58. The van der Waals surface area contributed by atoms with Crippen molar-refractivity contribution in [1.82, 2.24) is 20.0 Å². The van der Waals surface area contributed by atoms with E-state index >= 15 is 0 Å². The molecule has 7 heteroatoms. The number of aliphatic hydroxyl groups excluding tert-OH is 1. The normalized spacial score (nSPS) is 18.0. The highest BCUT2D eigenvalue weighted by Gasteiger charge is 2.26. The van der Waals surface area contributed by atoms with E-state index in [4.69, 9.17) is 0 Å². The summed E-state index contributed by atoms with van der Waals surface area (Å²) in [5.74, 6) is -0.574. The molecular formula is C18H22N4O3. The first-order valence-electron chi connectivity index (χ1n) is 8.46. The van der Waals surface area contributed by atoms with Crippen LogP contribution >= 0.6 is 0 Å². The first-order valence-corrected chi connectivity index (χ1v) is 8.46. The average Bonchev–Trinajstić information content (AvgIpc) is 3.12. The van der Waals surface area contributed by atoms with Crippen LogP contribution in [-0.4, -0.2) is 50.8 Å². The van der Waals surface area contributed by atoms with E-state index < -0.39 is 6.10 Å². The Morgan fingerprint density at radius 3 is 2.80 bits per heavy atom. The van der Waals surface area contributed by atoms with Crippen molar-refractivity contribution in [2.75, 3.05) is 13.1 Å². The van der Waals surface area contributed by atoms with Gasteiger partial charge in [0.1, 0.15) is 6.10 Å². The largest absolute Gasteiger partial charge is 0.383 e. The molecule has 3 rings (SSSR count). The summed E-state index contributed by atoms with van der Waals surface area (Å²) in [7, 11) is 0. The Kier molecular flexibility index (Phi) is 5.45. The predicted octanol–water partition coefficient (Wildman–Crippen LogP) is 0.862. The number of carbonyl (C=O) groups excluding carboxylic acids is 2. The summed E-state index contributed by atoms with van der Waals surface area (Å²) < 4.78 is 1.76. The molecule has 1 saturated heterocycles. The smallest absolute Gasteiger partial charge is 0.251 e. The molecule has 132 valence electrons. The zero-order chi connectivity index (χ0) is 17.6. The number of likely N-dealkylation sites (tertiary alicyclic amines) is 1. The zero-order valence-electron chi connectivity index (χ0n) is 14.0. The molecule has 1 fully saturated rings. The molecular weight excluding hydrogens is 320 g/mol. The molecule has 7 nitrogen and oxygen atoms in total. The van der Waals surface area contributed by atoms with Crippen LogP contribution in [0.25, 0.3) is 5.69 Å². The number of aromatic nitrogens is 2. The van der Waals surface area contributed by atoms with Crippen molar-refractivity contribution < 1.29 is 14.7 Å². The van der Waals surface area contributed by atoms with E-state index in [1.54, 1.807) is 10.9 Å². The molecule has 2 N–H and O–H groups in total. The van der Waals surface area contributed by atoms with Gasteiger partial charge in [0.15, 0.2) is 0 Å². The van der Waals surface area contributed by atoms with E-state index in [2.05, 4.69) is 10.4 Å². The Bertz CT molecular complexity index is 712. The summed E-state index contributed by atoms with van der Waals surface area (Å²) in [5, 5.41) is 16.7. The summed E-state index contributed by atoms with van der Waals surface area (Å²) in [4.78, 5) is 25.5. The number of aliphatic hydroxyl groups is 1. The van der Waals surface area contributed by atoms with Crippen LogP contribution in [0.5, 0.6) is 0 Å². The molecule has 25 heavy (non-hydrogen) atoms. The summed E-state index contributed by atoms with van der Waals surface area (Å²) >= 11 is 0. The molecule has 1 atom stereocenters. The number of amides is 2. The van der Waals surface area contributed by atoms with Crippen LogP contribution in [0, 0.1) is 0 Å². The number of nitrogens with one attached hydrogen (secondary N) is 1. The molecule has 0 radical (unpaired) electrons. The third-order valence-electron chi connectivity index (χ3n) is 4.28. The fourth-order valence-corrected chi connectivity index (χ4v) is 2.86. The van der Waals surface area contributed by atoms with Gasteiger partial charge in [-0.3, -0.25) is 9.59 Å². The van der Waals surface area contributed by atoms with Crippen molar-refractivity contribution in [3.8, 4) is 5.69 Å². The monoisotopic (exact) mass is 342 g/mol. The van der Waals surface area contributed by atoms with Crippen molar-refractivity contribution in [2.24, 2.45) is 0 Å². The topological polar surface area (TPSA) is 87.5 Å². The molecule has 1 unspecified atom stereocenters. The quantitative estimate of drug-likeness (QED) is 0.844. The molecule has 0 spiro atoms. The minimum Gasteiger partial charge on any atom is -0.383 e. The second-order valence-corrected chi connectivity index (χ2v) is 6.17. The van der Waals surface area contributed by atoms with Gasteiger partial charge in [0.2, 0.25) is 5.91 Å². The lowest BCUT2D eigenvalue weighted by atomic mass is 10.2. The molecule has 1 aliphatic rings. The summed E-state index contributed by atoms with van der Waals surface area (Å²) in [6.07, 6.45) is 4.68. The predicted molar refractivity (Wildman–Crippen MR) is 91.8 cm³/mol. The van der Waals surface area contributed by atoms with Gasteiger partial charge in [-0.2, -0.15) is 5.10 Å². The van der Waals surface area contributed by atoms with Crippen LogP contribution < -0.4 is 5.32 Å².